The van der Waals surface area contributed by atoms with Gasteiger partial charge in [0.1, 0.15) is 5.75 Å². The van der Waals surface area contributed by atoms with Crippen molar-refractivity contribution in [2.75, 3.05) is 20.5 Å². The van der Waals surface area contributed by atoms with Crippen molar-refractivity contribution in [2.24, 2.45) is 0 Å². The summed E-state index contributed by atoms with van der Waals surface area (Å²) in [6.45, 7) is 2.27. The number of methoxy groups -OCH3 is 1. The lowest BCUT2D eigenvalue weighted by Crippen LogP contribution is -1.99. The van der Waals surface area contributed by atoms with Gasteiger partial charge in [-0.25, -0.2) is 4.79 Å². The number of rotatable bonds is 4. The van der Waals surface area contributed by atoms with Gasteiger partial charge < -0.3 is 14.2 Å². The fourth-order valence-corrected chi connectivity index (χ4v) is 1.05. The smallest absolute Gasteiger partial charge is 0.384 e. The largest absolute Gasteiger partial charge is 0.468 e. The molecule has 1 rings (SSSR count). The van der Waals surface area contributed by atoms with Crippen LogP contribution in [0.5, 0.6) is 5.75 Å². The molecule has 0 fully saturated rings. The summed E-state index contributed by atoms with van der Waals surface area (Å²) in [5.74, 6) is 5.25. The van der Waals surface area contributed by atoms with Crippen molar-refractivity contribution in [3.8, 4) is 17.6 Å². The minimum absolute atomic E-state index is 0.202. The summed E-state index contributed by atoms with van der Waals surface area (Å²) in [5.41, 5.74) is 0.725. The number of carbonyl (C=O) groups excluding carboxylic acids is 1. The minimum atomic E-state index is -0.521. The molecule has 1 aromatic carbocycles. The Morgan fingerprint density at radius 2 is 2.00 bits per heavy atom. The Morgan fingerprint density at radius 3 is 2.59 bits per heavy atom. The molecule has 17 heavy (non-hydrogen) atoms. The van der Waals surface area contributed by atoms with E-state index in [2.05, 4.69) is 16.6 Å². The Morgan fingerprint density at radius 1 is 1.29 bits per heavy atom. The molecule has 0 saturated carbocycles. The number of ether oxygens (including phenoxy) is 3. The van der Waals surface area contributed by atoms with E-state index in [1.54, 1.807) is 38.3 Å². The summed E-state index contributed by atoms with van der Waals surface area (Å²) in [6, 6.07) is 7.04. The van der Waals surface area contributed by atoms with Crippen LogP contribution < -0.4 is 4.74 Å². The molecule has 4 heteroatoms. The van der Waals surface area contributed by atoms with Gasteiger partial charge >= 0.3 is 5.97 Å². The van der Waals surface area contributed by atoms with Gasteiger partial charge in [-0.1, -0.05) is 5.92 Å². The Hall–Kier alpha value is -1.99. The Kier molecular flexibility index (Phi) is 5.62. The molecule has 0 aromatic heterocycles. The van der Waals surface area contributed by atoms with Gasteiger partial charge in [0.05, 0.1) is 6.61 Å². The van der Waals surface area contributed by atoms with Crippen molar-refractivity contribution in [1.29, 1.82) is 0 Å². The first kappa shape index (κ1) is 13.1. The van der Waals surface area contributed by atoms with E-state index in [1.165, 1.54) is 0 Å². The summed E-state index contributed by atoms with van der Waals surface area (Å²) in [4.78, 5) is 11.0. The number of hydrogen-bond acceptors (Lipinski definition) is 4. The molecule has 0 bridgehead atoms. The van der Waals surface area contributed by atoms with E-state index in [9.17, 15) is 4.79 Å². The van der Waals surface area contributed by atoms with Gasteiger partial charge in [-0.05, 0) is 31.2 Å². The van der Waals surface area contributed by atoms with Crippen LogP contribution >= 0.6 is 0 Å². The van der Waals surface area contributed by atoms with E-state index >= 15 is 0 Å². The Bertz CT molecular complexity index is 411. The fraction of sp³-hybridized carbons (Fsp3) is 0.308. The number of benzene rings is 1. The first-order valence-corrected chi connectivity index (χ1v) is 5.17. The summed E-state index contributed by atoms with van der Waals surface area (Å²) >= 11 is 0. The quantitative estimate of drug-likeness (QED) is 0.451. The average Bonchev–Trinajstić information content (AvgIpc) is 2.35. The molecule has 0 heterocycles. The Balaban J connectivity index is 2.58. The molecule has 0 amide bonds. The molecule has 0 aliphatic carbocycles. The van der Waals surface area contributed by atoms with Gasteiger partial charge in [0, 0.05) is 18.6 Å². The zero-order valence-corrected chi connectivity index (χ0v) is 9.86. The van der Waals surface area contributed by atoms with Crippen LogP contribution in [0.1, 0.15) is 12.5 Å². The molecular weight excluding hydrogens is 220 g/mol. The molecular formula is C13H14O4. The van der Waals surface area contributed by atoms with Crippen molar-refractivity contribution >= 4 is 5.97 Å². The average molecular weight is 234 g/mol. The van der Waals surface area contributed by atoms with Crippen molar-refractivity contribution < 1.29 is 19.0 Å². The third kappa shape index (κ3) is 5.05. The van der Waals surface area contributed by atoms with Crippen LogP contribution in [0.25, 0.3) is 0 Å². The van der Waals surface area contributed by atoms with Crippen LogP contribution in [0.4, 0.5) is 0 Å². The summed E-state index contributed by atoms with van der Waals surface area (Å²) in [6.07, 6.45) is 0. The maximum Gasteiger partial charge on any atom is 0.384 e. The van der Waals surface area contributed by atoms with Crippen molar-refractivity contribution in [1.82, 2.24) is 0 Å². The summed E-state index contributed by atoms with van der Waals surface area (Å²) in [5, 5.41) is 0. The lowest BCUT2D eigenvalue weighted by Gasteiger charge is -2.03. The molecule has 0 N–H and O–H groups in total. The molecule has 0 atom stereocenters. The molecule has 0 radical (unpaired) electrons. The van der Waals surface area contributed by atoms with Gasteiger partial charge in [-0.15, -0.1) is 0 Å². The van der Waals surface area contributed by atoms with E-state index in [4.69, 9.17) is 9.47 Å². The second-order valence-corrected chi connectivity index (χ2v) is 3.05. The van der Waals surface area contributed by atoms with Gasteiger partial charge in [-0.2, -0.15) is 0 Å². The topological polar surface area (TPSA) is 44.8 Å². The van der Waals surface area contributed by atoms with Gasteiger partial charge in [0.25, 0.3) is 0 Å². The Labute approximate surface area is 100 Å². The second kappa shape index (κ2) is 7.31. The molecule has 1 aromatic rings. The van der Waals surface area contributed by atoms with Crippen LogP contribution in [0.15, 0.2) is 24.3 Å². The summed E-state index contributed by atoms with van der Waals surface area (Å²) in [7, 11) is 1.55. The van der Waals surface area contributed by atoms with Crippen molar-refractivity contribution in [3.05, 3.63) is 29.8 Å². The molecule has 0 aliphatic heterocycles. The predicted molar refractivity (Wildman–Crippen MR) is 62.5 cm³/mol. The standard InChI is InChI=1S/C13H14O4/c1-3-16-13(14)9-6-11-4-7-12(8-5-11)17-10-15-2/h4-5,7-8H,3,10H2,1-2H3. The highest BCUT2D eigenvalue weighted by molar-refractivity contribution is 5.89. The first-order valence-electron chi connectivity index (χ1n) is 5.17. The van der Waals surface area contributed by atoms with Crippen LogP contribution in [0.3, 0.4) is 0 Å². The fourth-order valence-electron chi connectivity index (χ4n) is 1.05. The number of carbonyl (C=O) groups is 1. The minimum Gasteiger partial charge on any atom is -0.468 e. The maximum absolute atomic E-state index is 11.0. The third-order valence-corrected chi connectivity index (χ3v) is 1.78. The molecule has 0 aliphatic rings. The zero-order chi connectivity index (χ0) is 12.5. The predicted octanol–water partition coefficient (Wildman–Crippen LogP) is 1.58. The third-order valence-electron chi connectivity index (χ3n) is 1.78. The first-order chi connectivity index (χ1) is 8.26. The molecule has 90 valence electrons. The SMILES string of the molecule is CCOC(=O)C#Cc1ccc(OCOC)cc1. The lowest BCUT2D eigenvalue weighted by atomic mass is 10.2. The van der Waals surface area contributed by atoms with Crippen molar-refractivity contribution in [2.45, 2.75) is 6.92 Å². The molecule has 0 spiro atoms. The van der Waals surface area contributed by atoms with Crippen LogP contribution in [-0.4, -0.2) is 26.5 Å². The number of hydrogen-bond donors (Lipinski definition) is 0. The monoisotopic (exact) mass is 234 g/mol. The highest BCUT2D eigenvalue weighted by Gasteiger charge is 1.95. The van der Waals surface area contributed by atoms with Crippen LogP contribution in [0, 0.1) is 11.8 Å². The van der Waals surface area contributed by atoms with E-state index in [1.807, 2.05) is 0 Å². The van der Waals surface area contributed by atoms with Crippen LogP contribution in [-0.2, 0) is 14.3 Å². The molecule has 4 nitrogen and oxygen atoms in total. The highest BCUT2D eigenvalue weighted by Crippen LogP contribution is 2.11. The van der Waals surface area contributed by atoms with E-state index in [0.29, 0.717) is 12.4 Å². The van der Waals surface area contributed by atoms with E-state index < -0.39 is 5.97 Å². The second-order valence-electron chi connectivity index (χ2n) is 3.05. The van der Waals surface area contributed by atoms with Gasteiger partial charge in [0.15, 0.2) is 6.79 Å². The van der Waals surface area contributed by atoms with E-state index in [-0.39, 0.29) is 6.79 Å². The molecule has 0 unspecified atom stereocenters. The van der Waals surface area contributed by atoms with E-state index in [0.717, 1.165) is 5.56 Å². The number of esters is 1. The lowest BCUT2D eigenvalue weighted by molar-refractivity contribution is -0.136. The normalized spacial score (nSPS) is 9.06. The molecule has 0 saturated heterocycles. The van der Waals surface area contributed by atoms with Gasteiger partial charge in [0.2, 0.25) is 0 Å². The zero-order valence-electron chi connectivity index (χ0n) is 9.86. The van der Waals surface area contributed by atoms with Gasteiger partial charge in [-0.3, -0.25) is 0 Å². The van der Waals surface area contributed by atoms with Crippen LogP contribution in [0.2, 0.25) is 0 Å². The highest BCUT2D eigenvalue weighted by atomic mass is 16.7. The maximum atomic E-state index is 11.0. The summed E-state index contributed by atoms with van der Waals surface area (Å²) < 4.78 is 14.7. The van der Waals surface area contributed by atoms with Crippen molar-refractivity contribution in [3.63, 3.8) is 0 Å².